The van der Waals surface area contributed by atoms with Gasteiger partial charge in [-0.3, -0.25) is 0 Å². The lowest BCUT2D eigenvalue weighted by atomic mass is 10.4. The summed E-state index contributed by atoms with van der Waals surface area (Å²) in [6.45, 7) is 0. The van der Waals surface area contributed by atoms with Gasteiger partial charge in [-0.25, -0.2) is 0 Å². The fraction of sp³-hybridized carbons (Fsp3) is 0.667. The van der Waals surface area contributed by atoms with Crippen molar-refractivity contribution in [1.29, 1.82) is 0 Å². The summed E-state index contributed by atoms with van der Waals surface area (Å²) >= 11 is 0. The SMILES string of the molecule is CNc1noc(C2CC2)n1. The minimum Gasteiger partial charge on any atom is -0.355 e. The minimum absolute atomic E-state index is 0.551. The maximum Gasteiger partial charge on any atom is 0.263 e. The molecule has 1 saturated carbocycles. The van der Waals surface area contributed by atoms with Crippen molar-refractivity contribution in [3.8, 4) is 0 Å². The van der Waals surface area contributed by atoms with Crippen molar-refractivity contribution in [2.24, 2.45) is 0 Å². The van der Waals surface area contributed by atoms with Crippen molar-refractivity contribution in [2.45, 2.75) is 18.8 Å². The summed E-state index contributed by atoms with van der Waals surface area (Å²) in [4.78, 5) is 4.10. The van der Waals surface area contributed by atoms with Crippen LogP contribution in [0, 0.1) is 0 Å². The first-order valence-electron chi connectivity index (χ1n) is 3.41. The number of nitrogens with one attached hydrogen (secondary N) is 1. The molecule has 1 aromatic rings. The molecule has 1 aliphatic rings. The zero-order chi connectivity index (χ0) is 6.97. The van der Waals surface area contributed by atoms with Crippen LogP contribution in [-0.2, 0) is 0 Å². The molecule has 0 aliphatic heterocycles. The third-order valence-corrected chi connectivity index (χ3v) is 1.59. The van der Waals surface area contributed by atoms with Crippen LogP contribution < -0.4 is 5.32 Å². The second-order valence-corrected chi connectivity index (χ2v) is 2.48. The first kappa shape index (κ1) is 5.70. The molecule has 0 bridgehead atoms. The van der Waals surface area contributed by atoms with Crippen LogP contribution in [-0.4, -0.2) is 17.2 Å². The van der Waals surface area contributed by atoms with Crippen LogP contribution in [0.1, 0.15) is 24.7 Å². The Morgan fingerprint density at radius 2 is 2.40 bits per heavy atom. The van der Waals surface area contributed by atoms with Gasteiger partial charge in [-0.15, -0.1) is 0 Å². The summed E-state index contributed by atoms with van der Waals surface area (Å²) in [6.07, 6.45) is 2.40. The summed E-state index contributed by atoms with van der Waals surface area (Å²) in [5.74, 6) is 1.92. The maximum atomic E-state index is 4.96. The monoisotopic (exact) mass is 139 g/mol. The third-order valence-electron chi connectivity index (χ3n) is 1.59. The van der Waals surface area contributed by atoms with Gasteiger partial charge in [0.25, 0.3) is 5.95 Å². The number of aromatic nitrogens is 2. The zero-order valence-electron chi connectivity index (χ0n) is 5.79. The van der Waals surface area contributed by atoms with E-state index in [1.54, 1.807) is 7.05 Å². The largest absolute Gasteiger partial charge is 0.355 e. The summed E-state index contributed by atoms with van der Waals surface area (Å²) in [7, 11) is 1.78. The number of hydrogen-bond donors (Lipinski definition) is 1. The van der Waals surface area contributed by atoms with Crippen LogP contribution in [0.2, 0.25) is 0 Å². The van der Waals surface area contributed by atoms with Gasteiger partial charge in [0.2, 0.25) is 5.89 Å². The van der Waals surface area contributed by atoms with E-state index in [9.17, 15) is 0 Å². The fourth-order valence-corrected chi connectivity index (χ4v) is 0.833. The predicted molar refractivity (Wildman–Crippen MR) is 35.8 cm³/mol. The van der Waals surface area contributed by atoms with Gasteiger partial charge in [0.15, 0.2) is 0 Å². The molecule has 54 valence electrons. The van der Waals surface area contributed by atoms with Gasteiger partial charge in [-0.05, 0) is 18.0 Å². The molecule has 0 spiro atoms. The van der Waals surface area contributed by atoms with E-state index in [2.05, 4.69) is 15.5 Å². The minimum atomic E-state index is 0.551. The molecule has 1 aliphatic carbocycles. The molecule has 1 aromatic heterocycles. The average molecular weight is 139 g/mol. The van der Waals surface area contributed by atoms with Gasteiger partial charge >= 0.3 is 0 Å². The topological polar surface area (TPSA) is 51.0 Å². The molecule has 1 heterocycles. The molecule has 4 heteroatoms. The van der Waals surface area contributed by atoms with Crippen LogP contribution >= 0.6 is 0 Å². The quantitative estimate of drug-likeness (QED) is 0.663. The van der Waals surface area contributed by atoms with Crippen molar-refractivity contribution in [1.82, 2.24) is 10.1 Å². The lowest BCUT2D eigenvalue weighted by molar-refractivity contribution is 0.380. The number of nitrogens with zero attached hydrogens (tertiary/aromatic N) is 2. The van der Waals surface area contributed by atoms with Crippen LogP contribution in [0.5, 0.6) is 0 Å². The third kappa shape index (κ3) is 0.853. The molecule has 0 radical (unpaired) electrons. The van der Waals surface area contributed by atoms with E-state index in [1.807, 2.05) is 0 Å². The van der Waals surface area contributed by atoms with Crippen molar-refractivity contribution in [3.63, 3.8) is 0 Å². The van der Waals surface area contributed by atoms with E-state index in [4.69, 9.17) is 4.52 Å². The molecule has 1 fully saturated rings. The Bertz CT molecular complexity index is 229. The summed E-state index contributed by atoms with van der Waals surface area (Å²) < 4.78 is 4.96. The maximum absolute atomic E-state index is 4.96. The standard InChI is InChI=1S/C6H9N3O/c1-7-6-8-5(10-9-6)4-2-3-4/h4H,2-3H2,1H3,(H,7,9). The summed E-state index contributed by atoms with van der Waals surface area (Å²) in [6, 6.07) is 0. The lowest BCUT2D eigenvalue weighted by Gasteiger charge is -1.82. The smallest absolute Gasteiger partial charge is 0.263 e. The molecule has 0 atom stereocenters. The van der Waals surface area contributed by atoms with Crippen LogP contribution in [0.3, 0.4) is 0 Å². The lowest BCUT2D eigenvalue weighted by Crippen LogP contribution is -1.89. The van der Waals surface area contributed by atoms with E-state index in [0.29, 0.717) is 11.9 Å². The highest BCUT2D eigenvalue weighted by Gasteiger charge is 2.29. The van der Waals surface area contributed by atoms with Gasteiger partial charge in [-0.1, -0.05) is 0 Å². The Hall–Kier alpha value is -1.06. The van der Waals surface area contributed by atoms with Crippen molar-refractivity contribution < 1.29 is 4.52 Å². The molecule has 1 N–H and O–H groups in total. The molecule has 0 aromatic carbocycles. The van der Waals surface area contributed by atoms with Gasteiger partial charge in [-0.2, -0.15) is 4.98 Å². The zero-order valence-corrected chi connectivity index (χ0v) is 5.79. The first-order chi connectivity index (χ1) is 4.90. The highest BCUT2D eigenvalue weighted by atomic mass is 16.5. The Morgan fingerprint density at radius 3 is 2.90 bits per heavy atom. The van der Waals surface area contributed by atoms with Gasteiger partial charge < -0.3 is 9.84 Å². The van der Waals surface area contributed by atoms with Crippen molar-refractivity contribution >= 4 is 5.95 Å². The summed E-state index contributed by atoms with van der Waals surface area (Å²) in [5, 5.41) is 6.51. The van der Waals surface area contributed by atoms with Gasteiger partial charge in [0.05, 0.1) is 0 Å². The highest BCUT2D eigenvalue weighted by Crippen LogP contribution is 2.39. The highest BCUT2D eigenvalue weighted by molar-refractivity contribution is 5.21. The van der Waals surface area contributed by atoms with E-state index in [-0.39, 0.29) is 0 Å². The second-order valence-electron chi connectivity index (χ2n) is 2.48. The molecule has 0 saturated heterocycles. The second kappa shape index (κ2) is 1.97. The molecule has 4 nitrogen and oxygen atoms in total. The molecule has 2 rings (SSSR count). The Kier molecular flexibility index (Phi) is 1.12. The average Bonchev–Trinajstić information content (AvgIpc) is 2.70. The van der Waals surface area contributed by atoms with Crippen molar-refractivity contribution in [3.05, 3.63) is 5.89 Å². The first-order valence-corrected chi connectivity index (χ1v) is 3.41. The number of hydrogen-bond acceptors (Lipinski definition) is 4. The number of rotatable bonds is 2. The van der Waals surface area contributed by atoms with Crippen LogP contribution in [0.4, 0.5) is 5.95 Å². The fourth-order valence-electron chi connectivity index (χ4n) is 0.833. The Labute approximate surface area is 58.6 Å². The molecule has 0 unspecified atom stereocenters. The van der Waals surface area contributed by atoms with E-state index < -0.39 is 0 Å². The predicted octanol–water partition coefficient (Wildman–Crippen LogP) is 0.989. The summed E-state index contributed by atoms with van der Waals surface area (Å²) in [5.41, 5.74) is 0. The molecule has 0 amide bonds. The van der Waals surface area contributed by atoms with Crippen LogP contribution in [0.25, 0.3) is 0 Å². The number of anilines is 1. The van der Waals surface area contributed by atoms with Gasteiger partial charge in [0.1, 0.15) is 0 Å². The normalized spacial score (nSPS) is 17.3. The van der Waals surface area contributed by atoms with Crippen molar-refractivity contribution in [2.75, 3.05) is 12.4 Å². The Balaban J connectivity index is 2.19. The van der Waals surface area contributed by atoms with Gasteiger partial charge in [0, 0.05) is 13.0 Å². The van der Waals surface area contributed by atoms with E-state index in [0.717, 1.165) is 5.89 Å². The van der Waals surface area contributed by atoms with E-state index >= 15 is 0 Å². The molecular weight excluding hydrogens is 130 g/mol. The van der Waals surface area contributed by atoms with Crippen LogP contribution in [0.15, 0.2) is 4.52 Å². The molecule has 10 heavy (non-hydrogen) atoms. The molecular formula is C6H9N3O. The Morgan fingerprint density at radius 1 is 1.60 bits per heavy atom. The van der Waals surface area contributed by atoms with E-state index in [1.165, 1.54) is 12.8 Å².